The van der Waals surface area contributed by atoms with Crippen LogP contribution in [0.15, 0.2) is 41.4 Å². The van der Waals surface area contributed by atoms with Crippen LogP contribution in [0.2, 0.25) is 0 Å². The molecule has 32 heavy (non-hydrogen) atoms. The van der Waals surface area contributed by atoms with Gasteiger partial charge in [0.15, 0.2) is 0 Å². The molecule has 0 fully saturated rings. The molecule has 8 nitrogen and oxygen atoms in total. The van der Waals surface area contributed by atoms with Crippen molar-refractivity contribution in [3.8, 4) is 10.6 Å². The van der Waals surface area contributed by atoms with E-state index in [0.717, 1.165) is 27.2 Å². The lowest BCUT2D eigenvalue weighted by molar-refractivity contribution is 0.0947. The molecule has 0 aliphatic carbocycles. The number of pyridine rings is 1. The molecule has 4 N–H and O–H groups in total. The summed E-state index contributed by atoms with van der Waals surface area (Å²) in [6, 6.07) is 8.18. The smallest absolute Gasteiger partial charge is 0.270 e. The standard InChI is InChI=1S/C22H24N6O2S2/c1-13(2)26-17-9-20(27-14-4-5-16-19(8-14)32-12-25-16)24-10-15(17)22-28-18(11-31-22)21(30)23-6-3-7-29/h4-5,8-13,29H,3,6-7H2,1-2H3,(H,23,30)(H2,24,26,27). The summed E-state index contributed by atoms with van der Waals surface area (Å²) in [5, 5.41) is 20.9. The molecule has 0 spiro atoms. The summed E-state index contributed by atoms with van der Waals surface area (Å²) in [5.41, 5.74) is 5.83. The molecule has 1 aromatic carbocycles. The highest BCUT2D eigenvalue weighted by molar-refractivity contribution is 7.16. The van der Waals surface area contributed by atoms with Gasteiger partial charge in [-0.2, -0.15) is 0 Å². The highest BCUT2D eigenvalue weighted by Crippen LogP contribution is 2.33. The second-order valence-corrected chi connectivity index (χ2v) is 9.19. The number of aliphatic hydroxyl groups excluding tert-OH is 1. The van der Waals surface area contributed by atoms with Gasteiger partial charge in [-0.1, -0.05) is 0 Å². The van der Waals surface area contributed by atoms with Crippen LogP contribution >= 0.6 is 22.7 Å². The highest BCUT2D eigenvalue weighted by Gasteiger charge is 2.16. The molecular formula is C22H24N6O2S2. The Morgan fingerprint density at radius 3 is 2.88 bits per heavy atom. The number of benzene rings is 1. The minimum atomic E-state index is -0.246. The molecule has 0 unspecified atom stereocenters. The molecular weight excluding hydrogens is 444 g/mol. The number of amides is 1. The van der Waals surface area contributed by atoms with Crippen LogP contribution in [-0.4, -0.2) is 45.2 Å². The van der Waals surface area contributed by atoms with E-state index in [0.29, 0.717) is 29.5 Å². The van der Waals surface area contributed by atoms with Gasteiger partial charge in [-0.05, 0) is 38.5 Å². The van der Waals surface area contributed by atoms with Gasteiger partial charge >= 0.3 is 0 Å². The molecule has 0 saturated heterocycles. The van der Waals surface area contributed by atoms with Gasteiger partial charge in [-0.25, -0.2) is 15.0 Å². The zero-order valence-electron chi connectivity index (χ0n) is 17.8. The lowest BCUT2D eigenvalue weighted by Crippen LogP contribution is -2.25. The molecule has 4 rings (SSSR count). The van der Waals surface area contributed by atoms with Crippen molar-refractivity contribution < 1.29 is 9.90 Å². The normalized spacial score (nSPS) is 11.1. The quantitative estimate of drug-likeness (QED) is 0.268. The predicted octanol–water partition coefficient (Wildman–Crippen LogP) is 4.49. The Labute approximate surface area is 193 Å². The molecule has 0 saturated carbocycles. The fraction of sp³-hybridized carbons (Fsp3) is 0.273. The van der Waals surface area contributed by atoms with E-state index in [9.17, 15) is 4.79 Å². The van der Waals surface area contributed by atoms with Crippen molar-refractivity contribution in [3.05, 3.63) is 47.0 Å². The lowest BCUT2D eigenvalue weighted by Gasteiger charge is -2.15. The number of hydrogen-bond acceptors (Lipinski definition) is 9. The Kier molecular flexibility index (Phi) is 6.93. The number of nitrogens with zero attached hydrogens (tertiary/aromatic N) is 3. The SMILES string of the molecule is CC(C)Nc1cc(Nc2ccc3ncsc3c2)ncc1-c1nc(C(=O)NCCCO)cs1. The first kappa shape index (κ1) is 22.1. The van der Waals surface area contributed by atoms with Crippen molar-refractivity contribution in [2.24, 2.45) is 0 Å². The van der Waals surface area contributed by atoms with E-state index in [1.165, 1.54) is 11.3 Å². The molecule has 0 atom stereocenters. The molecule has 0 aliphatic heterocycles. The number of fused-ring (bicyclic) bond motifs is 1. The number of rotatable bonds is 9. The zero-order chi connectivity index (χ0) is 22.5. The summed E-state index contributed by atoms with van der Waals surface area (Å²) in [4.78, 5) is 25.7. The van der Waals surface area contributed by atoms with Gasteiger partial charge < -0.3 is 21.1 Å². The maximum atomic E-state index is 12.3. The van der Waals surface area contributed by atoms with Crippen molar-refractivity contribution in [1.29, 1.82) is 0 Å². The van der Waals surface area contributed by atoms with Crippen LogP contribution in [0.3, 0.4) is 0 Å². The molecule has 3 heterocycles. The lowest BCUT2D eigenvalue weighted by atomic mass is 10.2. The highest BCUT2D eigenvalue weighted by atomic mass is 32.1. The van der Waals surface area contributed by atoms with Crippen LogP contribution in [0, 0.1) is 0 Å². The number of carbonyl (C=O) groups excluding carboxylic acids is 1. The van der Waals surface area contributed by atoms with Crippen molar-refractivity contribution in [2.75, 3.05) is 23.8 Å². The maximum absolute atomic E-state index is 12.3. The van der Waals surface area contributed by atoms with Gasteiger partial charge in [-0.15, -0.1) is 22.7 Å². The Hall–Kier alpha value is -3.08. The fourth-order valence-corrected chi connectivity index (χ4v) is 4.62. The number of carbonyl (C=O) groups is 1. The Morgan fingerprint density at radius 1 is 1.19 bits per heavy atom. The average molecular weight is 469 g/mol. The molecule has 0 radical (unpaired) electrons. The first-order valence-corrected chi connectivity index (χ1v) is 12.0. The maximum Gasteiger partial charge on any atom is 0.270 e. The van der Waals surface area contributed by atoms with E-state index in [1.807, 2.05) is 23.7 Å². The number of aromatic nitrogens is 3. The van der Waals surface area contributed by atoms with E-state index in [4.69, 9.17) is 5.11 Å². The summed E-state index contributed by atoms with van der Waals surface area (Å²) >= 11 is 2.99. The van der Waals surface area contributed by atoms with E-state index in [-0.39, 0.29) is 18.6 Å². The van der Waals surface area contributed by atoms with Gasteiger partial charge in [0.25, 0.3) is 5.91 Å². The van der Waals surface area contributed by atoms with Crippen molar-refractivity contribution >= 4 is 56.0 Å². The Balaban J connectivity index is 1.57. The fourth-order valence-electron chi connectivity index (χ4n) is 3.08. The zero-order valence-corrected chi connectivity index (χ0v) is 19.4. The van der Waals surface area contributed by atoms with E-state index in [1.54, 1.807) is 22.9 Å². The second kappa shape index (κ2) is 10.0. The molecule has 10 heteroatoms. The average Bonchev–Trinajstić information content (AvgIpc) is 3.43. The molecule has 3 aromatic heterocycles. The van der Waals surface area contributed by atoms with Gasteiger partial charge in [0.05, 0.1) is 21.3 Å². The second-order valence-electron chi connectivity index (χ2n) is 7.44. The third kappa shape index (κ3) is 5.21. The topological polar surface area (TPSA) is 112 Å². The van der Waals surface area contributed by atoms with Crippen LogP contribution in [0.5, 0.6) is 0 Å². The van der Waals surface area contributed by atoms with Crippen LogP contribution < -0.4 is 16.0 Å². The summed E-state index contributed by atoms with van der Waals surface area (Å²) < 4.78 is 1.11. The number of thiazole rings is 2. The van der Waals surface area contributed by atoms with E-state index >= 15 is 0 Å². The van der Waals surface area contributed by atoms with Gasteiger partial charge in [0.2, 0.25) is 0 Å². The molecule has 0 aliphatic rings. The van der Waals surface area contributed by atoms with Crippen molar-refractivity contribution in [3.63, 3.8) is 0 Å². The third-order valence-corrected chi connectivity index (χ3v) is 6.21. The first-order valence-electron chi connectivity index (χ1n) is 10.3. The summed E-state index contributed by atoms with van der Waals surface area (Å²) in [6.07, 6.45) is 2.28. The van der Waals surface area contributed by atoms with Crippen molar-refractivity contribution in [2.45, 2.75) is 26.3 Å². The van der Waals surface area contributed by atoms with E-state index in [2.05, 4.69) is 50.8 Å². The van der Waals surface area contributed by atoms with E-state index < -0.39 is 0 Å². The number of hydrogen-bond donors (Lipinski definition) is 4. The predicted molar refractivity (Wildman–Crippen MR) is 131 cm³/mol. The Morgan fingerprint density at radius 2 is 2.06 bits per heavy atom. The summed E-state index contributed by atoms with van der Waals surface area (Å²) in [5.74, 6) is 0.461. The minimum Gasteiger partial charge on any atom is -0.396 e. The van der Waals surface area contributed by atoms with Crippen LogP contribution in [0.4, 0.5) is 17.2 Å². The third-order valence-electron chi connectivity index (χ3n) is 4.54. The number of anilines is 3. The molecule has 166 valence electrons. The molecule has 4 aromatic rings. The molecule has 1 amide bonds. The van der Waals surface area contributed by atoms with Gasteiger partial charge in [-0.3, -0.25) is 4.79 Å². The van der Waals surface area contributed by atoms with Crippen molar-refractivity contribution in [1.82, 2.24) is 20.3 Å². The first-order chi connectivity index (χ1) is 15.5. The Bertz CT molecular complexity index is 1220. The van der Waals surface area contributed by atoms with Crippen LogP contribution in [-0.2, 0) is 0 Å². The number of aliphatic hydroxyl groups is 1. The summed E-state index contributed by atoms with van der Waals surface area (Å²) in [7, 11) is 0. The number of nitrogens with one attached hydrogen (secondary N) is 3. The summed E-state index contributed by atoms with van der Waals surface area (Å²) in [6.45, 7) is 4.59. The molecule has 0 bridgehead atoms. The monoisotopic (exact) mass is 468 g/mol. The van der Waals surface area contributed by atoms with Gasteiger partial charge in [0, 0.05) is 48.2 Å². The van der Waals surface area contributed by atoms with Crippen LogP contribution in [0.25, 0.3) is 20.8 Å². The minimum absolute atomic E-state index is 0.0386. The van der Waals surface area contributed by atoms with Gasteiger partial charge in [0.1, 0.15) is 16.5 Å². The van der Waals surface area contributed by atoms with Crippen LogP contribution in [0.1, 0.15) is 30.8 Å². The largest absolute Gasteiger partial charge is 0.396 e.